The number of ether oxygens (including phenoxy) is 2. The molecule has 13 heteroatoms. The second-order valence-electron chi connectivity index (χ2n) is 14.8. The van der Waals surface area contributed by atoms with E-state index in [4.69, 9.17) is 18.5 Å². The molecule has 1 aliphatic carbocycles. The van der Waals surface area contributed by atoms with Gasteiger partial charge in [-0.05, 0) is 32.1 Å². The molecule has 0 amide bonds. The summed E-state index contributed by atoms with van der Waals surface area (Å²) in [5, 5.41) is 50.0. The summed E-state index contributed by atoms with van der Waals surface area (Å²) >= 11 is 0. The van der Waals surface area contributed by atoms with Gasteiger partial charge in [-0.3, -0.25) is 13.8 Å². The maximum absolute atomic E-state index is 12.8. The number of allylic oxidation sites excluding steroid dienone is 2. The molecule has 1 aliphatic rings. The third kappa shape index (κ3) is 25.1. The summed E-state index contributed by atoms with van der Waals surface area (Å²) in [6.07, 6.45) is 20.0. The maximum atomic E-state index is 12.8. The highest BCUT2D eigenvalue weighted by Gasteiger charge is 2.51. The number of aliphatic hydroxyl groups is 5. The molecule has 0 aromatic heterocycles. The van der Waals surface area contributed by atoms with E-state index >= 15 is 0 Å². The van der Waals surface area contributed by atoms with E-state index in [1.54, 1.807) is 0 Å². The third-order valence-corrected chi connectivity index (χ3v) is 10.9. The molecular formula is C40H77O12P. The van der Waals surface area contributed by atoms with Crippen molar-refractivity contribution in [2.75, 3.05) is 19.8 Å². The van der Waals surface area contributed by atoms with Gasteiger partial charge in [0.15, 0.2) is 0 Å². The van der Waals surface area contributed by atoms with Gasteiger partial charge in [-0.15, -0.1) is 0 Å². The van der Waals surface area contributed by atoms with Gasteiger partial charge < -0.3 is 39.9 Å². The van der Waals surface area contributed by atoms with E-state index in [2.05, 4.69) is 26.0 Å². The van der Waals surface area contributed by atoms with Crippen molar-refractivity contribution in [3.8, 4) is 0 Å². The van der Waals surface area contributed by atoms with Gasteiger partial charge in [0.1, 0.15) is 42.7 Å². The Morgan fingerprint density at radius 3 is 1.55 bits per heavy atom. The number of hydrogen-bond acceptors (Lipinski definition) is 11. The highest BCUT2D eigenvalue weighted by atomic mass is 31.2. The van der Waals surface area contributed by atoms with Gasteiger partial charge in [0.2, 0.25) is 0 Å². The average molecular weight is 781 g/mol. The Labute approximate surface area is 320 Å². The van der Waals surface area contributed by atoms with E-state index in [-0.39, 0.29) is 13.0 Å². The molecule has 1 fully saturated rings. The van der Waals surface area contributed by atoms with Crippen LogP contribution in [0, 0.1) is 0 Å². The molecule has 0 aromatic carbocycles. The average Bonchev–Trinajstić information content (AvgIpc) is 3.14. The Hall–Kier alpha value is -0.920. The van der Waals surface area contributed by atoms with Crippen molar-refractivity contribution in [2.24, 2.45) is 0 Å². The normalized spacial score (nSPS) is 23.7. The molecule has 1 saturated carbocycles. The van der Waals surface area contributed by atoms with Crippen LogP contribution in [0.2, 0.25) is 0 Å². The fraction of sp³-hybridized carbons (Fsp3) is 0.925. The molecule has 6 N–H and O–H groups in total. The van der Waals surface area contributed by atoms with Crippen molar-refractivity contribution in [1.29, 1.82) is 0 Å². The van der Waals surface area contributed by atoms with Crippen LogP contribution >= 0.6 is 7.82 Å². The minimum absolute atomic E-state index is 0.0750. The monoisotopic (exact) mass is 781 g/mol. The van der Waals surface area contributed by atoms with Crippen molar-refractivity contribution in [1.82, 2.24) is 0 Å². The predicted molar refractivity (Wildman–Crippen MR) is 207 cm³/mol. The lowest BCUT2D eigenvalue weighted by Gasteiger charge is -2.41. The molecule has 314 valence electrons. The second-order valence-corrected chi connectivity index (χ2v) is 16.3. The zero-order chi connectivity index (χ0) is 39.2. The van der Waals surface area contributed by atoms with Gasteiger partial charge in [-0.1, -0.05) is 148 Å². The Balaban J connectivity index is 2.43. The number of unbranched alkanes of at least 4 members (excludes halogenated alkanes) is 21. The van der Waals surface area contributed by atoms with E-state index in [1.165, 1.54) is 89.9 Å². The van der Waals surface area contributed by atoms with Gasteiger partial charge >= 0.3 is 13.8 Å². The van der Waals surface area contributed by atoms with E-state index in [0.29, 0.717) is 13.0 Å². The SMILES string of the molecule is CCCC/C=C\CCCCCCCC(=O)OC(COCCCCCCCCCCCCCCCCC)COP(=O)(O)OC1C(O)C(O)C(O)C(O)C1O. The van der Waals surface area contributed by atoms with Crippen molar-refractivity contribution in [2.45, 2.75) is 217 Å². The Morgan fingerprint density at radius 2 is 1.02 bits per heavy atom. The molecule has 12 nitrogen and oxygen atoms in total. The van der Waals surface area contributed by atoms with Gasteiger partial charge in [0.25, 0.3) is 0 Å². The van der Waals surface area contributed by atoms with E-state index in [9.17, 15) is 39.8 Å². The molecule has 0 radical (unpaired) electrons. The number of hydrogen-bond donors (Lipinski definition) is 6. The van der Waals surface area contributed by atoms with Crippen molar-refractivity contribution in [3.05, 3.63) is 12.2 Å². The van der Waals surface area contributed by atoms with Crippen molar-refractivity contribution in [3.63, 3.8) is 0 Å². The van der Waals surface area contributed by atoms with Crippen LogP contribution in [-0.4, -0.2) is 98.9 Å². The lowest BCUT2D eigenvalue weighted by Crippen LogP contribution is -2.64. The molecule has 53 heavy (non-hydrogen) atoms. The van der Waals surface area contributed by atoms with Gasteiger partial charge in [-0.25, -0.2) is 4.57 Å². The number of phosphoric acid groups is 1. The van der Waals surface area contributed by atoms with Gasteiger partial charge in [0, 0.05) is 13.0 Å². The molecule has 1 rings (SSSR count). The summed E-state index contributed by atoms with van der Waals surface area (Å²) in [6, 6.07) is 0. The molecule has 6 unspecified atom stereocenters. The standard InChI is InChI=1S/C40H77O12P/c1-3-5-7-9-11-13-15-16-17-18-20-22-24-26-28-30-49-31-33(51-34(41)29-27-25-23-21-19-14-12-10-8-6-4-2)32-50-53(47,48)52-40-38(45)36(43)35(42)37(44)39(40)46/h10,12,33,35-40,42-46H,3-9,11,13-32H2,1-2H3,(H,47,48)/b12-10-. The first-order valence-electron chi connectivity index (χ1n) is 21.0. The van der Waals surface area contributed by atoms with Crippen LogP contribution < -0.4 is 0 Å². The zero-order valence-electron chi connectivity index (χ0n) is 33.1. The van der Waals surface area contributed by atoms with Crippen molar-refractivity contribution < 1.29 is 58.3 Å². The Kier molecular flexibility index (Phi) is 30.4. The molecule has 0 aliphatic heterocycles. The lowest BCUT2D eigenvalue weighted by atomic mass is 9.85. The van der Waals surface area contributed by atoms with Crippen LogP contribution in [0.25, 0.3) is 0 Å². The van der Waals surface area contributed by atoms with E-state index in [1.807, 2.05) is 0 Å². The molecule has 0 spiro atoms. The summed E-state index contributed by atoms with van der Waals surface area (Å²) in [6.45, 7) is 4.21. The number of carbonyl (C=O) groups is 1. The minimum Gasteiger partial charge on any atom is -0.457 e. The van der Waals surface area contributed by atoms with E-state index < -0.39 is 63.1 Å². The molecule has 6 atom stereocenters. The minimum atomic E-state index is -5.01. The first-order chi connectivity index (χ1) is 25.5. The number of aliphatic hydroxyl groups excluding tert-OH is 5. The van der Waals surface area contributed by atoms with Crippen LogP contribution in [0.3, 0.4) is 0 Å². The number of esters is 1. The Bertz CT molecular complexity index is 937. The second kappa shape index (κ2) is 32.2. The van der Waals surface area contributed by atoms with Gasteiger partial charge in [-0.2, -0.15) is 0 Å². The van der Waals surface area contributed by atoms with Crippen LogP contribution in [0.5, 0.6) is 0 Å². The molecular weight excluding hydrogens is 703 g/mol. The summed E-state index contributed by atoms with van der Waals surface area (Å²) in [4.78, 5) is 23.0. The first kappa shape index (κ1) is 50.1. The van der Waals surface area contributed by atoms with Crippen LogP contribution in [0.1, 0.15) is 174 Å². The quantitative estimate of drug-likeness (QED) is 0.0160. The van der Waals surface area contributed by atoms with E-state index in [0.717, 1.165) is 57.8 Å². The summed E-state index contributed by atoms with van der Waals surface area (Å²) in [7, 11) is -5.01. The third-order valence-electron chi connectivity index (χ3n) is 9.89. The summed E-state index contributed by atoms with van der Waals surface area (Å²) in [5.74, 6) is -0.486. The maximum Gasteiger partial charge on any atom is 0.472 e. The fourth-order valence-electron chi connectivity index (χ4n) is 6.45. The first-order valence-corrected chi connectivity index (χ1v) is 22.5. The number of rotatable bonds is 35. The highest BCUT2D eigenvalue weighted by Crippen LogP contribution is 2.47. The summed E-state index contributed by atoms with van der Waals surface area (Å²) < 4.78 is 34.0. The predicted octanol–water partition coefficient (Wildman–Crippen LogP) is 7.58. The zero-order valence-corrected chi connectivity index (χ0v) is 34.0. The van der Waals surface area contributed by atoms with Gasteiger partial charge in [0.05, 0.1) is 13.2 Å². The number of phosphoric ester groups is 1. The van der Waals surface area contributed by atoms with Crippen LogP contribution in [0.15, 0.2) is 12.2 Å². The lowest BCUT2D eigenvalue weighted by molar-refractivity contribution is -0.220. The molecule has 0 bridgehead atoms. The smallest absolute Gasteiger partial charge is 0.457 e. The molecule has 0 heterocycles. The molecule has 0 aromatic rings. The number of carbonyl (C=O) groups excluding carboxylic acids is 1. The largest absolute Gasteiger partial charge is 0.472 e. The van der Waals surface area contributed by atoms with Crippen LogP contribution in [-0.2, 0) is 27.9 Å². The fourth-order valence-corrected chi connectivity index (χ4v) is 7.43. The topological polar surface area (TPSA) is 192 Å². The molecule has 0 saturated heterocycles. The van der Waals surface area contributed by atoms with Crippen molar-refractivity contribution >= 4 is 13.8 Å². The van der Waals surface area contributed by atoms with Crippen LogP contribution in [0.4, 0.5) is 0 Å². The highest BCUT2D eigenvalue weighted by molar-refractivity contribution is 7.47. The Morgan fingerprint density at radius 1 is 0.585 bits per heavy atom. The summed E-state index contributed by atoms with van der Waals surface area (Å²) in [5.41, 5.74) is 0.